The first-order valence-corrected chi connectivity index (χ1v) is 5.01. The van der Waals surface area contributed by atoms with Gasteiger partial charge >= 0.3 is 5.97 Å². The van der Waals surface area contributed by atoms with Gasteiger partial charge in [-0.15, -0.1) is 0 Å². The Balaban J connectivity index is 2.28. The lowest BCUT2D eigenvalue weighted by molar-refractivity contribution is -0.143. The summed E-state index contributed by atoms with van der Waals surface area (Å²) in [5.74, 6) is -0.0795. The maximum atomic E-state index is 10.8. The number of aliphatic carboxylic acids is 1. The molecule has 1 fully saturated rings. The van der Waals surface area contributed by atoms with Crippen molar-refractivity contribution in [2.45, 2.75) is 45.1 Å². The Morgan fingerprint density at radius 1 is 1.46 bits per heavy atom. The van der Waals surface area contributed by atoms with Crippen LogP contribution in [0.1, 0.15) is 39.5 Å². The lowest BCUT2D eigenvalue weighted by Crippen LogP contribution is -2.48. The molecule has 0 bridgehead atoms. The average molecular weight is 185 g/mol. The van der Waals surface area contributed by atoms with Crippen LogP contribution in [0.2, 0.25) is 0 Å². The Morgan fingerprint density at radius 2 is 2.00 bits per heavy atom. The normalized spacial score (nSPS) is 19.2. The van der Waals surface area contributed by atoms with Crippen LogP contribution in [0, 0.1) is 5.92 Å². The van der Waals surface area contributed by atoms with Crippen molar-refractivity contribution in [3.05, 3.63) is 0 Å². The van der Waals surface area contributed by atoms with Gasteiger partial charge in [0, 0.05) is 0 Å². The highest BCUT2D eigenvalue weighted by Crippen LogP contribution is 2.24. The topological polar surface area (TPSA) is 49.3 Å². The zero-order valence-electron chi connectivity index (χ0n) is 8.47. The zero-order chi connectivity index (χ0) is 9.90. The lowest BCUT2D eigenvalue weighted by Gasteiger charge is -2.23. The number of hydrogen-bond acceptors (Lipinski definition) is 2. The molecule has 0 spiro atoms. The number of rotatable bonds is 4. The van der Waals surface area contributed by atoms with Crippen molar-refractivity contribution in [2.75, 3.05) is 6.54 Å². The van der Waals surface area contributed by atoms with Crippen molar-refractivity contribution in [3.63, 3.8) is 0 Å². The van der Waals surface area contributed by atoms with Crippen LogP contribution in [0.15, 0.2) is 0 Å². The fourth-order valence-corrected chi connectivity index (χ4v) is 1.69. The number of hydrogen-bond donors (Lipinski definition) is 2. The molecule has 76 valence electrons. The third-order valence-electron chi connectivity index (χ3n) is 2.84. The minimum Gasteiger partial charge on any atom is -0.480 e. The van der Waals surface area contributed by atoms with Gasteiger partial charge in [-0.25, -0.2) is 0 Å². The van der Waals surface area contributed by atoms with Crippen LogP contribution in [-0.2, 0) is 4.79 Å². The van der Waals surface area contributed by atoms with Crippen LogP contribution in [0.5, 0.6) is 0 Å². The van der Waals surface area contributed by atoms with Crippen molar-refractivity contribution in [2.24, 2.45) is 5.92 Å². The second kappa shape index (κ2) is 4.09. The molecule has 1 aliphatic carbocycles. The molecule has 0 heterocycles. The van der Waals surface area contributed by atoms with Crippen LogP contribution < -0.4 is 5.32 Å². The van der Waals surface area contributed by atoms with Crippen LogP contribution >= 0.6 is 0 Å². The molecule has 0 unspecified atom stereocenters. The quantitative estimate of drug-likeness (QED) is 0.700. The van der Waals surface area contributed by atoms with Gasteiger partial charge in [0.1, 0.15) is 5.54 Å². The Kier molecular flexibility index (Phi) is 3.31. The summed E-state index contributed by atoms with van der Waals surface area (Å²) in [5, 5.41) is 12.0. The van der Waals surface area contributed by atoms with Gasteiger partial charge in [-0.2, -0.15) is 0 Å². The van der Waals surface area contributed by atoms with E-state index in [2.05, 4.69) is 5.32 Å². The van der Waals surface area contributed by atoms with Gasteiger partial charge in [0.2, 0.25) is 0 Å². The highest BCUT2D eigenvalue weighted by molar-refractivity contribution is 5.77. The van der Waals surface area contributed by atoms with Crippen LogP contribution in [0.25, 0.3) is 0 Å². The second-order valence-corrected chi connectivity index (χ2v) is 4.46. The first-order valence-electron chi connectivity index (χ1n) is 5.01. The van der Waals surface area contributed by atoms with Crippen molar-refractivity contribution in [1.82, 2.24) is 5.32 Å². The van der Waals surface area contributed by atoms with E-state index in [1.54, 1.807) is 13.8 Å². The molecule has 13 heavy (non-hydrogen) atoms. The van der Waals surface area contributed by atoms with Crippen molar-refractivity contribution < 1.29 is 9.90 Å². The first-order chi connectivity index (χ1) is 6.02. The highest BCUT2D eigenvalue weighted by atomic mass is 16.4. The van der Waals surface area contributed by atoms with Crippen LogP contribution in [0.3, 0.4) is 0 Å². The third kappa shape index (κ3) is 2.99. The van der Waals surface area contributed by atoms with Gasteiger partial charge in [0.15, 0.2) is 0 Å². The number of carbonyl (C=O) groups is 1. The minimum absolute atomic E-state index is 0.693. The second-order valence-electron chi connectivity index (χ2n) is 4.46. The predicted octanol–water partition coefficient (Wildman–Crippen LogP) is 1.63. The number of nitrogens with one attached hydrogen (secondary N) is 1. The van der Waals surface area contributed by atoms with Gasteiger partial charge in [-0.3, -0.25) is 4.79 Å². The van der Waals surface area contributed by atoms with Gasteiger partial charge < -0.3 is 10.4 Å². The van der Waals surface area contributed by atoms with Gasteiger partial charge in [0.25, 0.3) is 0 Å². The summed E-state index contributed by atoms with van der Waals surface area (Å²) >= 11 is 0. The summed E-state index contributed by atoms with van der Waals surface area (Å²) in [7, 11) is 0. The predicted molar refractivity (Wildman–Crippen MR) is 51.7 cm³/mol. The molecule has 0 saturated heterocycles. The summed E-state index contributed by atoms with van der Waals surface area (Å²) in [5.41, 5.74) is -0.775. The van der Waals surface area contributed by atoms with E-state index < -0.39 is 11.5 Å². The molecule has 0 amide bonds. The zero-order valence-corrected chi connectivity index (χ0v) is 8.47. The molecule has 1 rings (SSSR count). The highest BCUT2D eigenvalue weighted by Gasteiger charge is 2.27. The average Bonchev–Trinajstić information content (AvgIpc) is 2.52. The Morgan fingerprint density at radius 3 is 2.46 bits per heavy atom. The standard InChI is InChI=1S/C10H19NO2/c1-10(2,9(12)13)11-7-8-5-3-4-6-8/h8,11H,3-7H2,1-2H3,(H,12,13). The summed E-state index contributed by atoms with van der Waals surface area (Å²) < 4.78 is 0. The van der Waals surface area contributed by atoms with Gasteiger partial charge in [-0.05, 0) is 39.2 Å². The summed E-state index contributed by atoms with van der Waals surface area (Å²) in [6.45, 7) is 4.27. The van der Waals surface area contributed by atoms with Crippen molar-refractivity contribution in [3.8, 4) is 0 Å². The van der Waals surface area contributed by atoms with Gasteiger partial charge in [0.05, 0.1) is 0 Å². The Hall–Kier alpha value is -0.570. The van der Waals surface area contributed by atoms with E-state index in [0.717, 1.165) is 6.54 Å². The minimum atomic E-state index is -0.775. The van der Waals surface area contributed by atoms with Crippen molar-refractivity contribution in [1.29, 1.82) is 0 Å². The molecular formula is C10H19NO2. The molecule has 0 aromatic heterocycles. The molecule has 1 aliphatic rings. The Labute approximate surface area is 79.5 Å². The maximum Gasteiger partial charge on any atom is 0.323 e. The molecule has 3 heteroatoms. The maximum absolute atomic E-state index is 10.8. The third-order valence-corrected chi connectivity index (χ3v) is 2.84. The van der Waals surface area contributed by atoms with Crippen LogP contribution in [-0.4, -0.2) is 23.2 Å². The van der Waals surface area contributed by atoms with E-state index in [1.807, 2.05) is 0 Å². The van der Waals surface area contributed by atoms with E-state index in [9.17, 15) is 4.79 Å². The molecule has 0 atom stereocenters. The van der Waals surface area contributed by atoms with Gasteiger partial charge in [-0.1, -0.05) is 12.8 Å². The fourth-order valence-electron chi connectivity index (χ4n) is 1.69. The molecule has 0 aliphatic heterocycles. The van der Waals surface area contributed by atoms with Crippen molar-refractivity contribution >= 4 is 5.97 Å². The molecule has 0 radical (unpaired) electrons. The Bertz CT molecular complexity index is 183. The van der Waals surface area contributed by atoms with E-state index >= 15 is 0 Å². The monoisotopic (exact) mass is 185 g/mol. The van der Waals surface area contributed by atoms with Crippen LogP contribution in [0.4, 0.5) is 0 Å². The SMILES string of the molecule is CC(C)(NCC1CCCC1)C(=O)O. The molecule has 1 saturated carbocycles. The molecule has 3 nitrogen and oxygen atoms in total. The molecular weight excluding hydrogens is 166 g/mol. The van der Waals surface area contributed by atoms with E-state index in [1.165, 1.54) is 25.7 Å². The smallest absolute Gasteiger partial charge is 0.323 e. The fraction of sp³-hybridized carbons (Fsp3) is 0.900. The molecule has 0 aromatic rings. The molecule has 2 N–H and O–H groups in total. The summed E-state index contributed by atoms with van der Waals surface area (Å²) in [6.07, 6.45) is 5.12. The van der Waals surface area contributed by atoms with E-state index in [0.29, 0.717) is 5.92 Å². The molecule has 0 aromatic carbocycles. The number of carboxylic acid groups (broad SMARTS) is 1. The van der Waals surface area contributed by atoms with E-state index in [-0.39, 0.29) is 0 Å². The summed E-state index contributed by atoms with van der Waals surface area (Å²) in [4.78, 5) is 10.8. The van der Waals surface area contributed by atoms with E-state index in [4.69, 9.17) is 5.11 Å². The number of carboxylic acids is 1. The lowest BCUT2D eigenvalue weighted by atomic mass is 10.0. The largest absolute Gasteiger partial charge is 0.480 e. The first kappa shape index (κ1) is 10.5. The summed E-state index contributed by atoms with van der Waals surface area (Å²) in [6, 6.07) is 0.